The number of hydrogen-bond donors (Lipinski definition) is 1. The molecular formula is C45H52N6O9. The van der Waals surface area contributed by atoms with Crippen LogP contribution in [0.5, 0.6) is 0 Å². The van der Waals surface area contributed by atoms with Crippen LogP contribution >= 0.6 is 0 Å². The Morgan fingerprint density at radius 1 is 0.733 bits per heavy atom. The Bertz CT molecular complexity index is 2620. The second-order valence-electron chi connectivity index (χ2n) is 18.1. The maximum Gasteiger partial charge on any atom is 0.420 e. The van der Waals surface area contributed by atoms with Crippen LogP contribution < -0.4 is 0 Å². The number of carbonyl (C=O) groups is 3. The van der Waals surface area contributed by atoms with Crippen molar-refractivity contribution < 1.29 is 42.7 Å². The molecule has 3 aliphatic rings. The van der Waals surface area contributed by atoms with Gasteiger partial charge in [0.2, 0.25) is 0 Å². The maximum absolute atomic E-state index is 13.3. The molecule has 316 valence electrons. The van der Waals surface area contributed by atoms with E-state index in [9.17, 15) is 19.5 Å². The van der Waals surface area contributed by atoms with Crippen molar-refractivity contribution in [2.24, 2.45) is 0 Å². The molecule has 3 fully saturated rings. The number of nitrogens with zero attached hydrogens (tertiary/aromatic N) is 6. The molecule has 5 heterocycles. The number of aromatic nitrogens is 6. The first-order chi connectivity index (χ1) is 28.3. The van der Waals surface area contributed by atoms with Gasteiger partial charge < -0.3 is 28.4 Å². The van der Waals surface area contributed by atoms with Crippen molar-refractivity contribution in [1.29, 1.82) is 0 Å². The summed E-state index contributed by atoms with van der Waals surface area (Å²) in [7, 11) is 0. The lowest BCUT2D eigenvalue weighted by atomic mass is 9.94. The average Bonchev–Trinajstić information content (AvgIpc) is 4.04. The molecule has 2 saturated carbocycles. The van der Waals surface area contributed by atoms with Gasteiger partial charge in [-0.15, -0.1) is 0 Å². The molecule has 9 rings (SSSR count). The Kier molecular flexibility index (Phi) is 10.3. The normalized spacial score (nSPS) is 17.3. The minimum Gasteiger partial charge on any atom is -0.443 e. The zero-order chi connectivity index (χ0) is 43.0. The molecule has 1 aliphatic heterocycles. The minimum atomic E-state index is -0.847. The van der Waals surface area contributed by atoms with Crippen molar-refractivity contribution in [2.45, 2.75) is 137 Å². The molecule has 4 aromatic heterocycles. The summed E-state index contributed by atoms with van der Waals surface area (Å²) < 4.78 is 30.7. The van der Waals surface area contributed by atoms with Gasteiger partial charge in [-0.05, 0) is 137 Å². The largest absolute Gasteiger partial charge is 0.443 e. The summed E-state index contributed by atoms with van der Waals surface area (Å²) in [4.78, 5) is 47.6. The summed E-state index contributed by atoms with van der Waals surface area (Å²) in [5.74, 6) is 3.09. The molecule has 1 saturated heterocycles. The highest BCUT2D eigenvalue weighted by Gasteiger charge is 2.37. The number of aldehydes is 1. The minimum absolute atomic E-state index is 0.210. The Morgan fingerprint density at radius 3 is 1.57 bits per heavy atom. The number of fused-ring (bicyclic) bond motifs is 2. The van der Waals surface area contributed by atoms with Crippen molar-refractivity contribution >= 4 is 40.5 Å². The predicted molar refractivity (Wildman–Crippen MR) is 221 cm³/mol. The van der Waals surface area contributed by atoms with Crippen molar-refractivity contribution in [3.05, 3.63) is 69.9 Å². The van der Waals surface area contributed by atoms with Crippen LogP contribution in [0.3, 0.4) is 0 Å². The van der Waals surface area contributed by atoms with Crippen LogP contribution in [-0.4, -0.2) is 76.9 Å². The van der Waals surface area contributed by atoms with Gasteiger partial charge in [-0.3, -0.25) is 4.79 Å². The van der Waals surface area contributed by atoms with Gasteiger partial charge in [0.1, 0.15) is 40.5 Å². The quantitative estimate of drug-likeness (QED) is 0.150. The first kappa shape index (κ1) is 41.1. The van der Waals surface area contributed by atoms with Gasteiger partial charge in [0.25, 0.3) is 0 Å². The van der Waals surface area contributed by atoms with Gasteiger partial charge in [-0.1, -0.05) is 10.3 Å². The topological polar surface area (TPSA) is 187 Å². The first-order valence-electron chi connectivity index (χ1n) is 20.5. The van der Waals surface area contributed by atoms with Crippen LogP contribution in [-0.2, 0) is 14.2 Å². The molecule has 6 aromatic rings. The summed E-state index contributed by atoms with van der Waals surface area (Å²) in [5, 5.41) is 19.2. The van der Waals surface area contributed by atoms with Crippen LogP contribution in [0.1, 0.15) is 142 Å². The smallest absolute Gasteiger partial charge is 0.420 e. The fourth-order valence-electron chi connectivity index (χ4n) is 7.77. The fraction of sp³-hybridized carbons (Fsp3) is 0.489. The van der Waals surface area contributed by atoms with Crippen LogP contribution in [0.25, 0.3) is 44.3 Å². The fourth-order valence-corrected chi connectivity index (χ4v) is 7.77. The van der Waals surface area contributed by atoms with Gasteiger partial charge in [-0.2, -0.15) is 0 Å². The van der Waals surface area contributed by atoms with Gasteiger partial charge in [0.15, 0.2) is 6.29 Å². The molecule has 60 heavy (non-hydrogen) atoms. The molecule has 0 spiro atoms. The van der Waals surface area contributed by atoms with E-state index in [0.717, 1.165) is 72.0 Å². The third kappa shape index (κ3) is 7.87. The monoisotopic (exact) mass is 820 g/mol. The summed E-state index contributed by atoms with van der Waals surface area (Å²) in [6, 6.07) is 7.47. The molecule has 1 N–H and O–H groups in total. The van der Waals surface area contributed by atoms with Gasteiger partial charge in [0, 0.05) is 40.7 Å². The van der Waals surface area contributed by atoms with E-state index in [1.807, 2.05) is 87.4 Å². The lowest BCUT2D eigenvalue weighted by Gasteiger charge is -2.31. The SMILES string of the molecule is Cc1noc(C)c1-c1cc(C(O)C2CCO2)c2nc(C3CC3)n(C(=O)OC(C)(C)C)c2c1.Cc1noc(C)c1-c1cc(C=O)c2nc(C3CC3)n(C(=O)OC(C)(C)C)c2c1. The Labute approximate surface area is 347 Å². The molecule has 0 radical (unpaired) electrons. The Balaban J connectivity index is 0.000000168. The van der Waals surface area contributed by atoms with Gasteiger partial charge in [0.05, 0.1) is 39.6 Å². The van der Waals surface area contributed by atoms with Gasteiger partial charge >= 0.3 is 12.2 Å². The number of benzene rings is 2. The van der Waals surface area contributed by atoms with E-state index >= 15 is 0 Å². The Morgan fingerprint density at radius 2 is 1.18 bits per heavy atom. The second-order valence-corrected chi connectivity index (χ2v) is 18.1. The van der Waals surface area contributed by atoms with E-state index in [2.05, 4.69) is 15.3 Å². The molecule has 2 aromatic carbocycles. The van der Waals surface area contributed by atoms with E-state index in [1.54, 1.807) is 10.6 Å². The zero-order valence-corrected chi connectivity index (χ0v) is 35.8. The number of ether oxygens (including phenoxy) is 3. The lowest BCUT2D eigenvalue weighted by molar-refractivity contribution is -0.117. The molecule has 2 atom stereocenters. The van der Waals surface area contributed by atoms with Crippen LogP contribution in [0, 0.1) is 27.7 Å². The Hall–Kier alpha value is -5.67. The van der Waals surface area contributed by atoms with Gasteiger partial charge in [-0.25, -0.2) is 28.7 Å². The number of aryl methyl sites for hydroxylation is 4. The van der Waals surface area contributed by atoms with Crippen LogP contribution in [0.4, 0.5) is 9.59 Å². The maximum atomic E-state index is 13.3. The van der Waals surface area contributed by atoms with Crippen molar-refractivity contribution in [1.82, 2.24) is 29.4 Å². The number of imidazole rings is 2. The highest BCUT2D eigenvalue weighted by atomic mass is 16.6. The molecule has 15 nitrogen and oxygen atoms in total. The highest BCUT2D eigenvalue weighted by molar-refractivity contribution is 6.01. The number of hydrogen-bond acceptors (Lipinski definition) is 13. The van der Waals surface area contributed by atoms with Crippen LogP contribution in [0.2, 0.25) is 0 Å². The van der Waals surface area contributed by atoms with E-state index in [-0.39, 0.29) is 17.9 Å². The van der Waals surface area contributed by atoms with Crippen molar-refractivity contribution in [2.75, 3.05) is 6.61 Å². The number of aliphatic hydroxyl groups is 1. The molecule has 2 unspecified atom stereocenters. The molecule has 15 heteroatoms. The van der Waals surface area contributed by atoms with E-state index in [0.29, 0.717) is 63.0 Å². The zero-order valence-electron chi connectivity index (χ0n) is 35.8. The van der Waals surface area contributed by atoms with Crippen LogP contribution in [0.15, 0.2) is 33.3 Å². The first-order valence-corrected chi connectivity index (χ1v) is 20.5. The standard InChI is InChI=1S/C24H29N3O5.C21H23N3O4/c1-12-19(13(2)32-26-12)15-10-16(21(28)18-8-9-30-18)20-17(11-15)27(22(25-20)14-6-7-14)23(29)31-24(3,4)5;1-11-17(12(2)28-23-11)14-8-15(10-25)18-16(9-14)24(19(22-18)13-6-7-13)20(26)27-21(3,4)5/h10-11,14,18,21,28H,6-9H2,1-5H3;8-10,13H,6-7H2,1-5H3. The average molecular weight is 821 g/mol. The van der Waals surface area contributed by atoms with Crippen molar-refractivity contribution in [3.8, 4) is 22.3 Å². The number of aliphatic hydroxyl groups excluding tert-OH is 1. The third-order valence-electron chi connectivity index (χ3n) is 10.8. The number of rotatable bonds is 7. The van der Waals surface area contributed by atoms with E-state index in [4.69, 9.17) is 28.2 Å². The van der Waals surface area contributed by atoms with Crippen molar-refractivity contribution in [3.63, 3.8) is 0 Å². The summed E-state index contributed by atoms with van der Waals surface area (Å²) in [6.07, 6.45) is 3.38. The summed E-state index contributed by atoms with van der Waals surface area (Å²) in [5.41, 5.74) is 6.80. The predicted octanol–water partition coefficient (Wildman–Crippen LogP) is 9.57. The van der Waals surface area contributed by atoms with E-state index < -0.39 is 29.5 Å². The molecular weight excluding hydrogens is 769 g/mol. The molecule has 2 aliphatic carbocycles. The number of carbonyl (C=O) groups excluding carboxylic acids is 3. The highest BCUT2D eigenvalue weighted by Crippen LogP contribution is 2.45. The summed E-state index contributed by atoms with van der Waals surface area (Å²) in [6.45, 7) is 19.0. The second kappa shape index (κ2) is 15.1. The lowest BCUT2D eigenvalue weighted by Crippen LogP contribution is -2.33. The van der Waals surface area contributed by atoms with E-state index in [1.165, 1.54) is 4.57 Å². The molecule has 0 bridgehead atoms. The summed E-state index contributed by atoms with van der Waals surface area (Å²) >= 11 is 0. The molecule has 0 amide bonds. The third-order valence-corrected chi connectivity index (χ3v) is 10.8.